The van der Waals surface area contributed by atoms with Gasteiger partial charge in [-0.1, -0.05) is 17.7 Å². The van der Waals surface area contributed by atoms with Crippen LogP contribution in [0, 0.1) is 18.3 Å². The Labute approximate surface area is 102 Å². The number of anilines is 1. The molecule has 0 aromatic heterocycles. The molecular weight excluding hydrogens is 216 g/mol. The number of ether oxygens (including phenoxy) is 2. The zero-order chi connectivity index (χ0) is 12.7. The molecule has 0 saturated heterocycles. The Hall–Kier alpha value is -1.57. The number of nitrogens with one attached hydrogen (secondary N) is 1. The second-order valence-corrected chi connectivity index (χ2v) is 3.83. The van der Waals surface area contributed by atoms with E-state index in [4.69, 9.17) is 14.7 Å². The van der Waals surface area contributed by atoms with Gasteiger partial charge in [-0.05, 0) is 19.1 Å². The van der Waals surface area contributed by atoms with Crippen molar-refractivity contribution in [2.24, 2.45) is 0 Å². The largest absolute Gasteiger partial charge is 0.370 e. The first kappa shape index (κ1) is 13.5. The number of hydrogen-bond donors (Lipinski definition) is 1. The standard InChI is InChI=1S/C13H18N2O2/c1-10-4-6-11(7-5-10)15-12(9-14)8-13(16-2)17-3/h4-7,12-13,15H,8H2,1-3H3. The molecule has 0 amide bonds. The number of nitrogens with zero attached hydrogens (tertiary/aromatic N) is 1. The third kappa shape index (κ3) is 4.43. The van der Waals surface area contributed by atoms with Crippen molar-refractivity contribution in [3.63, 3.8) is 0 Å². The molecule has 0 aliphatic carbocycles. The molecule has 0 fully saturated rings. The molecule has 4 nitrogen and oxygen atoms in total. The van der Waals surface area contributed by atoms with Crippen molar-refractivity contribution in [2.75, 3.05) is 19.5 Å². The molecule has 1 rings (SSSR count). The summed E-state index contributed by atoms with van der Waals surface area (Å²) in [5, 5.41) is 12.2. The molecule has 1 N–H and O–H groups in total. The van der Waals surface area contributed by atoms with Gasteiger partial charge in [-0.3, -0.25) is 0 Å². The maximum Gasteiger partial charge on any atom is 0.159 e. The molecule has 1 aromatic rings. The molecule has 1 unspecified atom stereocenters. The fourth-order valence-electron chi connectivity index (χ4n) is 1.48. The van der Waals surface area contributed by atoms with E-state index >= 15 is 0 Å². The molecule has 4 heteroatoms. The highest BCUT2D eigenvalue weighted by Gasteiger charge is 2.14. The number of rotatable bonds is 6. The minimum Gasteiger partial charge on any atom is -0.370 e. The van der Waals surface area contributed by atoms with Crippen LogP contribution in [0.25, 0.3) is 0 Å². The summed E-state index contributed by atoms with van der Waals surface area (Å²) < 4.78 is 10.2. The molecule has 17 heavy (non-hydrogen) atoms. The molecule has 0 aliphatic heterocycles. The van der Waals surface area contributed by atoms with Crippen LogP contribution in [0.3, 0.4) is 0 Å². The van der Waals surface area contributed by atoms with Crippen LogP contribution >= 0.6 is 0 Å². The third-order valence-corrected chi connectivity index (χ3v) is 2.50. The Morgan fingerprint density at radius 2 is 1.82 bits per heavy atom. The summed E-state index contributed by atoms with van der Waals surface area (Å²) in [7, 11) is 3.13. The van der Waals surface area contributed by atoms with Crippen LogP contribution < -0.4 is 5.32 Å². The molecule has 0 bridgehead atoms. The Kier molecular flexibility index (Phi) is 5.47. The van der Waals surface area contributed by atoms with Crippen LogP contribution in [0.15, 0.2) is 24.3 Å². The zero-order valence-electron chi connectivity index (χ0n) is 10.4. The van der Waals surface area contributed by atoms with Crippen molar-refractivity contribution in [1.82, 2.24) is 0 Å². The average molecular weight is 234 g/mol. The topological polar surface area (TPSA) is 54.3 Å². The Bertz CT molecular complexity index is 366. The summed E-state index contributed by atoms with van der Waals surface area (Å²) in [6.45, 7) is 2.03. The third-order valence-electron chi connectivity index (χ3n) is 2.50. The molecule has 0 heterocycles. The summed E-state index contributed by atoms with van der Waals surface area (Å²) >= 11 is 0. The molecule has 1 atom stereocenters. The lowest BCUT2D eigenvalue weighted by molar-refractivity contribution is -0.106. The molecule has 1 aromatic carbocycles. The quantitative estimate of drug-likeness (QED) is 0.767. The normalized spacial score (nSPS) is 12.2. The van der Waals surface area contributed by atoms with Gasteiger partial charge in [-0.2, -0.15) is 5.26 Å². The zero-order valence-corrected chi connectivity index (χ0v) is 10.4. The van der Waals surface area contributed by atoms with E-state index in [0.717, 1.165) is 5.69 Å². The van der Waals surface area contributed by atoms with E-state index in [0.29, 0.717) is 6.42 Å². The lowest BCUT2D eigenvalue weighted by Gasteiger charge is -2.18. The van der Waals surface area contributed by atoms with Gasteiger partial charge in [0.05, 0.1) is 6.07 Å². The fourth-order valence-corrected chi connectivity index (χ4v) is 1.48. The van der Waals surface area contributed by atoms with Crippen molar-refractivity contribution in [3.8, 4) is 6.07 Å². The van der Waals surface area contributed by atoms with Crippen molar-refractivity contribution in [2.45, 2.75) is 25.7 Å². The van der Waals surface area contributed by atoms with E-state index < -0.39 is 0 Å². The maximum absolute atomic E-state index is 9.06. The first-order valence-electron chi connectivity index (χ1n) is 5.48. The molecular formula is C13H18N2O2. The predicted molar refractivity (Wildman–Crippen MR) is 66.6 cm³/mol. The average Bonchev–Trinajstić information content (AvgIpc) is 2.37. The summed E-state index contributed by atoms with van der Waals surface area (Å²) in [4.78, 5) is 0. The SMILES string of the molecule is COC(CC(C#N)Nc1ccc(C)cc1)OC. The van der Waals surface area contributed by atoms with Gasteiger partial charge in [0.25, 0.3) is 0 Å². The van der Waals surface area contributed by atoms with Gasteiger partial charge in [-0.15, -0.1) is 0 Å². The van der Waals surface area contributed by atoms with E-state index in [1.54, 1.807) is 14.2 Å². The number of hydrogen-bond acceptors (Lipinski definition) is 4. The predicted octanol–water partition coefficient (Wildman–Crippen LogP) is 2.31. The Morgan fingerprint density at radius 3 is 2.29 bits per heavy atom. The van der Waals surface area contributed by atoms with E-state index in [1.807, 2.05) is 31.2 Å². The molecule has 0 radical (unpaired) electrons. The van der Waals surface area contributed by atoms with Crippen LogP contribution in [-0.4, -0.2) is 26.6 Å². The molecule has 0 aliphatic rings. The van der Waals surface area contributed by atoms with Crippen LogP contribution in [-0.2, 0) is 9.47 Å². The summed E-state index contributed by atoms with van der Waals surface area (Å²) in [5.41, 5.74) is 2.11. The number of methoxy groups -OCH3 is 2. The highest BCUT2D eigenvalue weighted by atomic mass is 16.7. The van der Waals surface area contributed by atoms with Crippen molar-refractivity contribution >= 4 is 5.69 Å². The van der Waals surface area contributed by atoms with Gasteiger partial charge >= 0.3 is 0 Å². The van der Waals surface area contributed by atoms with Crippen molar-refractivity contribution in [1.29, 1.82) is 5.26 Å². The first-order valence-corrected chi connectivity index (χ1v) is 5.48. The number of benzene rings is 1. The smallest absolute Gasteiger partial charge is 0.159 e. The monoisotopic (exact) mass is 234 g/mol. The van der Waals surface area contributed by atoms with Crippen LogP contribution in [0.1, 0.15) is 12.0 Å². The lowest BCUT2D eigenvalue weighted by atomic mass is 10.2. The minimum absolute atomic E-state index is 0.331. The van der Waals surface area contributed by atoms with Gasteiger partial charge in [0, 0.05) is 26.3 Å². The van der Waals surface area contributed by atoms with Crippen LogP contribution in [0.4, 0.5) is 5.69 Å². The maximum atomic E-state index is 9.06. The number of nitriles is 1. The van der Waals surface area contributed by atoms with Crippen molar-refractivity contribution in [3.05, 3.63) is 29.8 Å². The van der Waals surface area contributed by atoms with Crippen LogP contribution in [0.2, 0.25) is 0 Å². The van der Waals surface area contributed by atoms with Gasteiger partial charge in [0.2, 0.25) is 0 Å². The van der Waals surface area contributed by atoms with Gasteiger partial charge in [0.15, 0.2) is 6.29 Å². The summed E-state index contributed by atoms with van der Waals surface area (Å²) in [6, 6.07) is 9.77. The van der Waals surface area contributed by atoms with Crippen LogP contribution in [0.5, 0.6) is 0 Å². The van der Waals surface area contributed by atoms with E-state index in [1.165, 1.54) is 5.56 Å². The van der Waals surface area contributed by atoms with E-state index in [2.05, 4.69) is 11.4 Å². The summed E-state index contributed by atoms with van der Waals surface area (Å²) in [5.74, 6) is 0. The van der Waals surface area contributed by atoms with Gasteiger partial charge < -0.3 is 14.8 Å². The summed E-state index contributed by atoms with van der Waals surface area (Å²) in [6.07, 6.45) is 0.120. The highest BCUT2D eigenvalue weighted by Crippen LogP contribution is 2.13. The highest BCUT2D eigenvalue weighted by molar-refractivity contribution is 5.46. The molecule has 0 saturated carbocycles. The van der Waals surface area contributed by atoms with Gasteiger partial charge in [0.1, 0.15) is 6.04 Å². The minimum atomic E-state index is -0.363. The molecule has 92 valence electrons. The Morgan fingerprint density at radius 1 is 1.24 bits per heavy atom. The number of aryl methyl sites for hydroxylation is 1. The Balaban J connectivity index is 2.58. The molecule has 0 spiro atoms. The van der Waals surface area contributed by atoms with Gasteiger partial charge in [-0.25, -0.2) is 0 Å². The lowest BCUT2D eigenvalue weighted by Crippen LogP contribution is -2.26. The second-order valence-electron chi connectivity index (χ2n) is 3.83. The van der Waals surface area contributed by atoms with E-state index in [9.17, 15) is 0 Å². The second kappa shape index (κ2) is 6.89. The first-order chi connectivity index (χ1) is 8.19. The fraction of sp³-hybridized carbons (Fsp3) is 0.462. The van der Waals surface area contributed by atoms with E-state index in [-0.39, 0.29) is 12.3 Å². The van der Waals surface area contributed by atoms with Crippen molar-refractivity contribution < 1.29 is 9.47 Å².